The number of hydrogen-bond donors (Lipinski definition) is 4. The lowest BCUT2D eigenvalue weighted by molar-refractivity contribution is -0.142. The Kier molecular flexibility index (Phi) is 4.04. The van der Waals surface area contributed by atoms with Crippen LogP contribution >= 0.6 is 0 Å². The normalized spacial score (nSPS) is 12.8. The maximum atomic E-state index is 12.0. The van der Waals surface area contributed by atoms with Gasteiger partial charge in [-0.2, -0.15) is 0 Å². The van der Waals surface area contributed by atoms with Crippen LogP contribution in [-0.4, -0.2) is 33.2 Å². The molecular formula is C13H17NO5. The lowest BCUT2D eigenvalue weighted by Gasteiger charge is -2.27. The molecular weight excluding hydrogens is 250 g/mol. The van der Waals surface area contributed by atoms with E-state index in [1.807, 2.05) is 0 Å². The molecule has 1 atom stereocenters. The molecule has 1 rings (SSSR count). The summed E-state index contributed by atoms with van der Waals surface area (Å²) in [6.07, 6.45) is 0. The highest BCUT2D eigenvalue weighted by Gasteiger charge is 2.33. The number of rotatable bonds is 3. The molecule has 1 aromatic carbocycles. The molecule has 0 saturated heterocycles. The van der Waals surface area contributed by atoms with Gasteiger partial charge in [-0.05, 0) is 17.5 Å². The maximum absolute atomic E-state index is 12.0. The van der Waals surface area contributed by atoms with Crippen LogP contribution in [0.15, 0.2) is 18.2 Å². The van der Waals surface area contributed by atoms with Crippen LogP contribution in [-0.2, 0) is 4.79 Å². The second-order valence-electron chi connectivity index (χ2n) is 5.28. The first-order valence-corrected chi connectivity index (χ1v) is 5.69. The number of phenolic OH excluding ortho intramolecular Hbond substituents is 2. The molecule has 0 fully saturated rings. The molecule has 4 N–H and O–H groups in total. The predicted molar refractivity (Wildman–Crippen MR) is 68.1 cm³/mol. The van der Waals surface area contributed by atoms with E-state index in [1.54, 1.807) is 20.8 Å². The van der Waals surface area contributed by atoms with Crippen molar-refractivity contribution < 1.29 is 24.9 Å². The molecule has 19 heavy (non-hydrogen) atoms. The smallest absolute Gasteiger partial charge is 0.326 e. The third-order valence-electron chi connectivity index (χ3n) is 2.64. The van der Waals surface area contributed by atoms with Crippen LogP contribution in [0.25, 0.3) is 0 Å². The number of hydrogen-bond acceptors (Lipinski definition) is 4. The third kappa shape index (κ3) is 3.37. The summed E-state index contributed by atoms with van der Waals surface area (Å²) in [5, 5.41) is 30.5. The highest BCUT2D eigenvalue weighted by Crippen LogP contribution is 2.27. The van der Waals surface area contributed by atoms with Crippen molar-refractivity contribution in [3.8, 4) is 11.5 Å². The van der Waals surface area contributed by atoms with Crippen molar-refractivity contribution in [1.29, 1.82) is 0 Å². The van der Waals surface area contributed by atoms with E-state index in [4.69, 9.17) is 5.11 Å². The van der Waals surface area contributed by atoms with Gasteiger partial charge in [0, 0.05) is 0 Å². The Bertz CT molecular complexity index is 484. The van der Waals surface area contributed by atoms with Gasteiger partial charge in [0.05, 0.1) is 0 Å². The van der Waals surface area contributed by atoms with Crippen LogP contribution in [0.3, 0.4) is 0 Å². The van der Waals surface area contributed by atoms with Crippen molar-refractivity contribution in [3.05, 3.63) is 23.8 Å². The van der Waals surface area contributed by atoms with E-state index < -0.39 is 34.8 Å². The predicted octanol–water partition coefficient (Wildman–Crippen LogP) is 1.33. The Morgan fingerprint density at radius 2 is 1.63 bits per heavy atom. The van der Waals surface area contributed by atoms with Gasteiger partial charge in [0.2, 0.25) is 0 Å². The maximum Gasteiger partial charge on any atom is 0.326 e. The molecule has 1 aromatic rings. The zero-order valence-corrected chi connectivity index (χ0v) is 11.0. The number of carboxylic acid groups (broad SMARTS) is 1. The number of carbonyl (C=O) groups is 2. The summed E-state index contributed by atoms with van der Waals surface area (Å²) in [4.78, 5) is 23.1. The number of carbonyl (C=O) groups excluding carboxylic acids is 1. The molecule has 0 spiro atoms. The van der Waals surface area contributed by atoms with Crippen LogP contribution in [0.1, 0.15) is 31.1 Å². The first kappa shape index (κ1) is 14.8. The second-order valence-corrected chi connectivity index (χ2v) is 5.28. The van der Waals surface area contributed by atoms with Gasteiger partial charge in [-0.25, -0.2) is 4.79 Å². The van der Waals surface area contributed by atoms with Crippen molar-refractivity contribution in [2.24, 2.45) is 5.41 Å². The van der Waals surface area contributed by atoms with Crippen LogP contribution in [0.4, 0.5) is 0 Å². The standard InChI is InChI=1S/C13H17NO5/c1-13(2,3)10(12(18)19)14-11(17)9-7(15)5-4-6-8(9)16/h4-6,10,15-16H,1-3H3,(H,14,17)(H,18,19)/t10-/m1/s1. The molecule has 0 aliphatic rings. The number of nitrogens with one attached hydrogen (secondary N) is 1. The van der Waals surface area contributed by atoms with Crippen LogP contribution in [0, 0.1) is 5.41 Å². The Morgan fingerprint density at radius 1 is 1.16 bits per heavy atom. The Hall–Kier alpha value is -2.24. The molecule has 6 heteroatoms. The van der Waals surface area contributed by atoms with Crippen molar-refractivity contribution in [3.63, 3.8) is 0 Å². The van der Waals surface area contributed by atoms with Gasteiger partial charge in [-0.1, -0.05) is 26.8 Å². The van der Waals surface area contributed by atoms with Gasteiger partial charge in [0.15, 0.2) is 0 Å². The summed E-state index contributed by atoms with van der Waals surface area (Å²) in [5.41, 5.74) is -1.04. The zero-order valence-electron chi connectivity index (χ0n) is 11.0. The molecule has 0 aliphatic heterocycles. The van der Waals surface area contributed by atoms with Gasteiger partial charge in [0.1, 0.15) is 23.1 Å². The van der Waals surface area contributed by atoms with E-state index in [2.05, 4.69) is 5.32 Å². The minimum atomic E-state index is -1.18. The lowest BCUT2D eigenvalue weighted by Crippen LogP contribution is -2.49. The molecule has 0 heterocycles. The van der Waals surface area contributed by atoms with E-state index in [0.29, 0.717) is 0 Å². The SMILES string of the molecule is CC(C)(C)[C@H](NC(=O)c1c(O)cccc1O)C(=O)O. The van der Waals surface area contributed by atoms with E-state index in [1.165, 1.54) is 18.2 Å². The molecule has 1 amide bonds. The Morgan fingerprint density at radius 3 is 2.00 bits per heavy atom. The van der Waals surface area contributed by atoms with E-state index in [9.17, 15) is 19.8 Å². The largest absolute Gasteiger partial charge is 0.507 e. The second kappa shape index (κ2) is 5.17. The van der Waals surface area contributed by atoms with Crippen molar-refractivity contribution in [2.45, 2.75) is 26.8 Å². The summed E-state index contributed by atoms with van der Waals surface area (Å²) < 4.78 is 0. The van der Waals surface area contributed by atoms with Crippen LogP contribution in [0.2, 0.25) is 0 Å². The van der Waals surface area contributed by atoms with Crippen molar-refractivity contribution in [2.75, 3.05) is 0 Å². The van der Waals surface area contributed by atoms with E-state index in [0.717, 1.165) is 0 Å². The van der Waals surface area contributed by atoms with Gasteiger partial charge in [-0.3, -0.25) is 4.79 Å². The molecule has 0 aromatic heterocycles. The number of phenols is 2. The summed E-state index contributed by atoms with van der Waals surface area (Å²) >= 11 is 0. The molecule has 0 unspecified atom stereocenters. The monoisotopic (exact) mass is 267 g/mol. The Balaban J connectivity index is 3.05. The molecule has 6 nitrogen and oxygen atoms in total. The third-order valence-corrected chi connectivity index (χ3v) is 2.64. The van der Waals surface area contributed by atoms with Crippen LogP contribution in [0.5, 0.6) is 11.5 Å². The lowest BCUT2D eigenvalue weighted by atomic mass is 9.86. The fourth-order valence-corrected chi connectivity index (χ4v) is 1.61. The summed E-state index contributed by atoms with van der Waals surface area (Å²) in [5.74, 6) is -2.83. The van der Waals surface area contributed by atoms with Gasteiger partial charge in [-0.15, -0.1) is 0 Å². The van der Waals surface area contributed by atoms with Gasteiger partial charge < -0.3 is 20.6 Å². The average Bonchev–Trinajstić information content (AvgIpc) is 2.23. The highest BCUT2D eigenvalue weighted by molar-refractivity contribution is 6.01. The number of amides is 1. The minimum absolute atomic E-state index is 0.335. The molecule has 0 radical (unpaired) electrons. The van der Waals surface area contributed by atoms with E-state index in [-0.39, 0.29) is 5.56 Å². The number of benzene rings is 1. The molecule has 0 bridgehead atoms. The highest BCUT2D eigenvalue weighted by atomic mass is 16.4. The van der Waals surface area contributed by atoms with Crippen LogP contribution < -0.4 is 5.32 Å². The van der Waals surface area contributed by atoms with Gasteiger partial charge in [0.25, 0.3) is 5.91 Å². The topological polar surface area (TPSA) is 107 Å². The van der Waals surface area contributed by atoms with Gasteiger partial charge >= 0.3 is 5.97 Å². The number of aromatic hydroxyl groups is 2. The summed E-state index contributed by atoms with van der Waals surface area (Å²) in [6.45, 7) is 4.99. The molecule has 104 valence electrons. The first-order chi connectivity index (χ1) is 8.64. The van der Waals surface area contributed by atoms with Crippen molar-refractivity contribution in [1.82, 2.24) is 5.32 Å². The summed E-state index contributed by atoms with van der Waals surface area (Å²) in [7, 11) is 0. The van der Waals surface area contributed by atoms with Crippen molar-refractivity contribution >= 4 is 11.9 Å². The molecule has 0 aliphatic carbocycles. The van der Waals surface area contributed by atoms with E-state index >= 15 is 0 Å². The zero-order chi connectivity index (χ0) is 14.8. The Labute approximate surface area is 110 Å². The fraction of sp³-hybridized carbons (Fsp3) is 0.385. The number of carboxylic acids is 1. The quantitative estimate of drug-likeness (QED) is 0.661. The molecule has 0 saturated carbocycles. The first-order valence-electron chi connectivity index (χ1n) is 5.69. The minimum Gasteiger partial charge on any atom is -0.507 e. The summed E-state index contributed by atoms with van der Waals surface area (Å²) in [6, 6.07) is 2.71. The average molecular weight is 267 g/mol. The number of aliphatic carboxylic acids is 1. The fourth-order valence-electron chi connectivity index (χ4n) is 1.61.